The van der Waals surface area contributed by atoms with Crippen LogP contribution >= 0.6 is 28.3 Å². The molecule has 0 aliphatic carbocycles. The predicted molar refractivity (Wildman–Crippen MR) is 91.9 cm³/mol. The fourth-order valence-corrected chi connectivity index (χ4v) is 2.95. The van der Waals surface area contributed by atoms with Crippen molar-refractivity contribution < 1.29 is 14.3 Å². The van der Waals surface area contributed by atoms with Crippen molar-refractivity contribution in [2.75, 3.05) is 27.3 Å². The van der Waals surface area contributed by atoms with Crippen molar-refractivity contribution in [3.8, 4) is 11.5 Å². The van der Waals surface area contributed by atoms with Crippen LogP contribution in [0.25, 0.3) is 0 Å². The van der Waals surface area contributed by atoms with E-state index in [1.807, 2.05) is 19.1 Å². The van der Waals surface area contributed by atoms with Gasteiger partial charge in [-0.2, -0.15) is 0 Å². The summed E-state index contributed by atoms with van der Waals surface area (Å²) >= 11 is 3.45. The quantitative estimate of drug-likeness (QED) is 0.779. The van der Waals surface area contributed by atoms with E-state index < -0.39 is 0 Å². The fraction of sp³-hybridized carbons (Fsp3) is 0.533. The number of nitrogens with one attached hydrogen (secondary N) is 2. The first kappa shape index (κ1) is 19.1. The van der Waals surface area contributed by atoms with E-state index >= 15 is 0 Å². The summed E-state index contributed by atoms with van der Waals surface area (Å²) in [6, 6.07) is 3.80. The Labute approximate surface area is 145 Å². The molecular formula is C15H22BrClN2O3. The average molecular weight is 394 g/mol. The topological polar surface area (TPSA) is 59.6 Å². The maximum Gasteiger partial charge on any atom is 0.223 e. The van der Waals surface area contributed by atoms with Gasteiger partial charge in [-0.1, -0.05) is 6.92 Å². The summed E-state index contributed by atoms with van der Waals surface area (Å²) in [7, 11) is 3.19. The summed E-state index contributed by atoms with van der Waals surface area (Å²) in [6.07, 6.45) is 0. The second-order valence-corrected chi connectivity index (χ2v) is 6.09. The van der Waals surface area contributed by atoms with Crippen molar-refractivity contribution in [2.45, 2.75) is 13.5 Å². The molecular weight excluding hydrogens is 372 g/mol. The molecule has 0 aromatic heterocycles. The highest BCUT2D eigenvalue weighted by Crippen LogP contribution is 2.36. The van der Waals surface area contributed by atoms with E-state index in [1.54, 1.807) is 14.2 Å². The number of halogens is 2. The van der Waals surface area contributed by atoms with E-state index in [0.717, 1.165) is 23.1 Å². The van der Waals surface area contributed by atoms with Gasteiger partial charge in [-0.3, -0.25) is 4.79 Å². The van der Waals surface area contributed by atoms with Gasteiger partial charge in [-0.25, -0.2) is 0 Å². The number of methoxy groups -OCH3 is 2. The Morgan fingerprint density at radius 2 is 2.09 bits per heavy atom. The van der Waals surface area contributed by atoms with Gasteiger partial charge in [0.05, 0.1) is 18.7 Å². The number of carbonyl (C=O) groups is 1. The van der Waals surface area contributed by atoms with Gasteiger partial charge in [0.25, 0.3) is 0 Å². The molecule has 0 bridgehead atoms. The lowest BCUT2D eigenvalue weighted by molar-refractivity contribution is -0.126. The van der Waals surface area contributed by atoms with Gasteiger partial charge in [-0.15, -0.1) is 12.4 Å². The molecule has 7 heteroatoms. The molecule has 1 aliphatic heterocycles. The zero-order valence-electron chi connectivity index (χ0n) is 12.9. The minimum absolute atomic E-state index is 0. The zero-order chi connectivity index (χ0) is 15.4. The lowest BCUT2D eigenvalue weighted by atomic mass is 9.88. The summed E-state index contributed by atoms with van der Waals surface area (Å²) in [6.45, 7) is 4.31. The van der Waals surface area contributed by atoms with Crippen LogP contribution < -0.4 is 20.1 Å². The minimum atomic E-state index is 0. The van der Waals surface area contributed by atoms with Crippen molar-refractivity contribution in [3.05, 3.63) is 22.2 Å². The summed E-state index contributed by atoms with van der Waals surface area (Å²) in [5, 5.41) is 6.17. The molecule has 0 saturated carbocycles. The Bertz CT molecular complexity index is 524. The molecule has 1 saturated heterocycles. The van der Waals surface area contributed by atoms with Crippen LogP contribution in [0.5, 0.6) is 11.5 Å². The van der Waals surface area contributed by atoms with E-state index in [1.165, 1.54) is 0 Å². The Morgan fingerprint density at radius 1 is 1.41 bits per heavy atom. The van der Waals surface area contributed by atoms with Crippen LogP contribution in [0.1, 0.15) is 12.5 Å². The first-order chi connectivity index (χ1) is 10.1. The zero-order valence-corrected chi connectivity index (χ0v) is 15.3. The van der Waals surface area contributed by atoms with Gasteiger partial charge in [-0.05, 0) is 52.6 Å². The number of carbonyl (C=O) groups excluding carboxylic acids is 1. The number of ether oxygens (including phenoxy) is 2. The lowest BCUT2D eigenvalue weighted by Crippen LogP contribution is -2.49. The van der Waals surface area contributed by atoms with Crippen molar-refractivity contribution in [1.82, 2.24) is 10.6 Å². The highest BCUT2D eigenvalue weighted by atomic mass is 79.9. The summed E-state index contributed by atoms with van der Waals surface area (Å²) in [5.41, 5.74) is 0.965. The van der Waals surface area contributed by atoms with Gasteiger partial charge >= 0.3 is 0 Å². The Morgan fingerprint density at radius 3 is 2.59 bits per heavy atom. The molecule has 2 rings (SSSR count). The van der Waals surface area contributed by atoms with Crippen LogP contribution in [0.4, 0.5) is 0 Å². The molecule has 1 aromatic carbocycles. The molecule has 1 amide bonds. The first-order valence-electron chi connectivity index (χ1n) is 6.95. The van der Waals surface area contributed by atoms with E-state index in [-0.39, 0.29) is 24.2 Å². The lowest BCUT2D eigenvalue weighted by Gasteiger charge is -2.31. The highest BCUT2D eigenvalue weighted by molar-refractivity contribution is 9.10. The van der Waals surface area contributed by atoms with Gasteiger partial charge in [0.2, 0.25) is 5.91 Å². The van der Waals surface area contributed by atoms with Crippen molar-refractivity contribution in [3.63, 3.8) is 0 Å². The van der Waals surface area contributed by atoms with Crippen LogP contribution in [0.3, 0.4) is 0 Å². The van der Waals surface area contributed by atoms with Crippen LogP contribution in [0.2, 0.25) is 0 Å². The van der Waals surface area contributed by atoms with Crippen LogP contribution in [-0.2, 0) is 11.3 Å². The number of benzene rings is 1. The SMILES string of the molecule is COc1cc(CNC(=O)C(C)C2CNC2)cc(Br)c1OC.Cl. The number of hydrogen-bond donors (Lipinski definition) is 2. The number of amides is 1. The van der Waals surface area contributed by atoms with Crippen molar-refractivity contribution >= 4 is 34.2 Å². The Kier molecular flexibility index (Phi) is 7.45. The molecule has 1 aliphatic rings. The summed E-state index contributed by atoms with van der Waals surface area (Å²) in [4.78, 5) is 12.1. The molecule has 124 valence electrons. The third-order valence-corrected chi connectivity index (χ3v) is 4.48. The minimum Gasteiger partial charge on any atom is -0.493 e. The van der Waals surface area contributed by atoms with Crippen LogP contribution in [0.15, 0.2) is 16.6 Å². The Hall–Kier alpha value is -0.980. The van der Waals surface area contributed by atoms with Crippen molar-refractivity contribution in [2.24, 2.45) is 11.8 Å². The van der Waals surface area contributed by atoms with Gasteiger partial charge in [0.1, 0.15) is 0 Å². The maximum atomic E-state index is 12.1. The number of hydrogen-bond acceptors (Lipinski definition) is 4. The number of rotatable bonds is 6. The highest BCUT2D eigenvalue weighted by Gasteiger charge is 2.28. The molecule has 1 heterocycles. The van der Waals surface area contributed by atoms with Gasteiger partial charge in [0.15, 0.2) is 11.5 Å². The van der Waals surface area contributed by atoms with E-state index in [9.17, 15) is 4.79 Å². The summed E-state index contributed by atoms with van der Waals surface area (Å²) in [5.74, 6) is 1.87. The predicted octanol–water partition coefficient (Wildman–Crippen LogP) is 2.36. The molecule has 1 aromatic rings. The van der Waals surface area contributed by atoms with E-state index in [4.69, 9.17) is 9.47 Å². The average Bonchev–Trinajstić information content (AvgIpc) is 2.41. The third-order valence-electron chi connectivity index (χ3n) is 3.89. The molecule has 2 N–H and O–H groups in total. The molecule has 1 fully saturated rings. The maximum absolute atomic E-state index is 12.1. The second-order valence-electron chi connectivity index (χ2n) is 5.24. The smallest absolute Gasteiger partial charge is 0.223 e. The fourth-order valence-electron chi connectivity index (χ4n) is 2.30. The molecule has 0 radical (unpaired) electrons. The van der Waals surface area contributed by atoms with Gasteiger partial charge < -0.3 is 20.1 Å². The molecule has 1 unspecified atom stereocenters. The normalized spacial score (nSPS) is 15.3. The Balaban J connectivity index is 0.00000242. The van der Waals surface area contributed by atoms with Crippen molar-refractivity contribution in [1.29, 1.82) is 0 Å². The van der Waals surface area contributed by atoms with E-state index in [2.05, 4.69) is 26.6 Å². The molecule has 22 heavy (non-hydrogen) atoms. The largest absolute Gasteiger partial charge is 0.493 e. The summed E-state index contributed by atoms with van der Waals surface area (Å²) < 4.78 is 11.4. The van der Waals surface area contributed by atoms with E-state index in [0.29, 0.717) is 24.0 Å². The van der Waals surface area contributed by atoms with Crippen LogP contribution in [-0.4, -0.2) is 33.2 Å². The second kappa shape index (κ2) is 8.60. The van der Waals surface area contributed by atoms with Crippen LogP contribution in [0, 0.1) is 11.8 Å². The first-order valence-corrected chi connectivity index (χ1v) is 7.75. The monoisotopic (exact) mass is 392 g/mol. The molecule has 5 nitrogen and oxygen atoms in total. The van der Waals surface area contributed by atoms with Gasteiger partial charge in [0, 0.05) is 12.5 Å². The molecule has 0 spiro atoms. The third kappa shape index (κ3) is 4.27. The molecule has 1 atom stereocenters. The standard InChI is InChI=1S/C15H21BrN2O3.ClH/c1-9(11-7-17-8-11)15(19)18-6-10-4-12(16)14(21-3)13(5-10)20-2;/h4-5,9,11,17H,6-8H2,1-3H3,(H,18,19);1H.